The van der Waals surface area contributed by atoms with Gasteiger partial charge in [-0.3, -0.25) is 9.59 Å². The van der Waals surface area contributed by atoms with Gasteiger partial charge in [-0.05, 0) is 18.2 Å². The van der Waals surface area contributed by atoms with E-state index in [1.165, 1.54) is 11.0 Å². The Hall–Kier alpha value is -2.75. The number of nitrogens with zero attached hydrogens (tertiary/aromatic N) is 2. The van der Waals surface area contributed by atoms with Gasteiger partial charge in [0, 0.05) is 5.69 Å². The molecule has 1 aromatic carbocycles. The van der Waals surface area contributed by atoms with Gasteiger partial charge in [-0.25, -0.2) is 0 Å². The number of primary amides is 2. The van der Waals surface area contributed by atoms with Crippen LogP contribution in [0.3, 0.4) is 0 Å². The summed E-state index contributed by atoms with van der Waals surface area (Å²) in [4.78, 5) is 23.2. The lowest BCUT2D eigenvalue weighted by Gasteiger charge is -2.22. The maximum Gasteiger partial charge on any atom is 0.236 e. The van der Waals surface area contributed by atoms with E-state index < -0.39 is 11.8 Å². The summed E-state index contributed by atoms with van der Waals surface area (Å²) in [7, 11) is 0. The highest BCUT2D eigenvalue weighted by Gasteiger charge is 2.15. The van der Waals surface area contributed by atoms with Crippen molar-refractivity contribution in [2.45, 2.75) is 0 Å². The van der Waals surface area contributed by atoms with Crippen molar-refractivity contribution in [1.29, 1.82) is 5.26 Å². The largest absolute Gasteiger partial charge is 0.399 e. The van der Waals surface area contributed by atoms with Crippen LogP contribution in [0.15, 0.2) is 18.2 Å². The number of nitrogen functional groups attached to an aromatic ring is 1. The van der Waals surface area contributed by atoms with Crippen LogP contribution in [0.1, 0.15) is 5.56 Å². The highest BCUT2D eigenvalue weighted by molar-refractivity contribution is 5.86. The Morgan fingerprint density at radius 2 is 1.78 bits per heavy atom. The zero-order valence-electron chi connectivity index (χ0n) is 9.59. The Kier molecular flexibility index (Phi) is 4.10. The van der Waals surface area contributed by atoms with Gasteiger partial charge in [0.1, 0.15) is 6.07 Å². The van der Waals surface area contributed by atoms with E-state index in [0.29, 0.717) is 11.4 Å². The summed E-state index contributed by atoms with van der Waals surface area (Å²) in [6.07, 6.45) is 0. The maximum absolute atomic E-state index is 11.0. The molecule has 7 heteroatoms. The molecule has 0 aliphatic carbocycles. The van der Waals surface area contributed by atoms with Gasteiger partial charge >= 0.3 is 0 Å². The Labute approximate surface area is 104 Å². The van der Waals surface area contributed by atoms with Gasteiger partial charge < -0.3 is 22.1 Å². The SMILES string of the molecule is N#Cc1cc(N)ccc1N(CC(N)=O)CC(N)=O. The number of carbonyl (C=O) groups excluding carboxylic acids is 2. The second-order valence-corrected chi connectivity index (χ2v) is 3.68. The number of benzene rings is 1. The summed E-state index contributed by atoms with van der Waals surface area (Å²) in [6, 6.07) is 6.49. The molecule has 0 aromatic heterocycles. The number of nitriles is 1. The van der Waals surface area contributed by atoms with E-state index in [0.717, 1.165) is 0 Å². The number of amides is 2. The van der Waals surface area contributed by atoms with E-state index >= 15 is 0 Å². The Morgan fingerprint density at radius 3 is 2.22 bits per heavy atom. The number of hydrogen-bond acceptors (Lipinski definition) is 5. The summed E-state index contributed by atoms with van der Waals surface area (Å²) in [5, 5.41) is 9.00. The lowest BCUT2D eigenvalue weighted by atomic mass is 10.1. The molecule has 0 saturated heterocycles. The first kappa shape index (κ1) is 13.3. The van der Waals surface area contributed by atoms with Gasteiger partial charge in [0.15, 0.2) is 0 Å². The fourth-order valence-corrected chi connectivity index (χ4v) is 1.52. The predicted octanol–water partition coefficient (Wildman–Crippen LogP) is -1.08. The molecule has 0 bridgehead atoms. The highest BCUT2D eigenvalue weighted by atomic mass is 16.2. The molecule has 0 saturated carbocycles. The van der Waals surface area contributed by atoms with Gasteiger partial charge in [-0.1, -0.05) is 0 Å². The molecule has 7 nitrogen and oxygen atoms in total. The molecule has 2 amide bonds. The summed E-state index contributed by atoms with van der Waals surface area (Å²) >= 11 is 0. The lowest BCUT2D eigenvalue weighted by molar-refractivity contribution is -0.117. The molecule has 94 valence electrons. The Morgan fingerprint density at radius 1 is 1.22 bits per heavy atom. The van der Waals surface area contributed by atoms with Gasteiger partial charge in [-0.2, -0.15) is 5.26 Å². The van der Waals surface area contributed by atoms with E-state index in [9.17, 15) is 9.59 Å². The zero-order chi connectivity index (χ0) is 13.7. The quantitative estimate of drug-likeness (QED) is 0.567. The molecule has 1 aromatic rings. The molecule has 0 heterocycles. The number of anilines is 2. The fraction of sp³-hybridized carbons (Fsp3) is 0.182. The third kappa shape index (κ3) is 3.38. The van der Waals surface area contributed by atoms with Crippen LogP contribution in [-0.4, -0.2) is 24.9 Å². The first-order valence-corrected chi connectivity index (χ1v) is 5.05. The van der Waals surface area contributed by atoms with Crippen LogP contribution in [-0.2, 0) is 9.59 Å². The van der Waals surface area contributed by atoms with Crippen molar-refractivity contribution in [3.05, 3.63) is 23.8 Å². The third-order valence-electron chi connectivity index (χ3n) is 2.18. The fourth-order valence-electron chi connectivity index (χ4n) is 1.52. The van der Waals surface area contributed by atoms with Gasteiger partial charge in [0.05, 0.1) is 24.3 Å². The van der Waals surface area contributed by atoms with E-state index in [4.69, 9.17) is 22.5 Å². The summed E-state index contributed by atoms with van der Waals surface area (Å²) < 4.78 is 0. The molecular formula is C11H13N5O2. The topological polar surface area (TPSA) is 139 Å². The molecule has 0 radical (unpaired) electrons. The second-order valence-electron chi connectivity index (χ2n) is 3.68. The summed E-state index contributed by atoms with van der Waals surface area (Å²) in [5.74, 6) is -1.26. The van der Waals surface area contributed by atoms with Gasteiger partial charge in [0.2, 0.25) is 11.8 Å². The van der Waals surface area contributed by atoms with Crippen molar-refractivity contribution in [3.63, 3.8) is 0 Å². The van der Waals surface area contributed by atoms with E-state index in [1.807, 2.05) is 6.07 Å². The minimum atomic E-state index is -0.628. The van der Waals surface area contributed by atoms with Crippen LogP contribution in [0.4, 0.5) is 11.4 Å². The molecule has 0 aliphatic heterocycles. The van der Waals surface area contributed by atoms with Crippen LogP contribution in [0.25, 0.3) is 0 Å². The monoisotopic (exact) mass is 247 g/mol. The van der Waals surface area contributed by atoms with E-state index in [2.05, 4.69) is 0 Å². The smallest absolute Gasteiger partial charge is 0.236 e. The zero-order valence-corrected chi connectivity index (χ0v) is 9.59. The average molecular weight is 247 g/mol. The molecule has 0 unspecified atom stereocenters. The molecule has 18 heavy (non-hydrogen) atoms. The van der Waals surface area contributed by atoms with Crippen LogP contribution in [0.2, 0.25) is 0 Å². The predicted molar refractivity (Wildman–Crippen MR) is 66.2 cm³/mol. The van der Waals surface area contributed by atoms with Gasteiger partial charge in [0.25, 0.3) is 0 Å². The minimum Gasteiger partial charge on any atom is -0.399 e. The van der Waals surface area contributed by atoms with Gasteiger partial charge in [-0.15, -0.1) is 0 Å². The number of hydrogen-bond donors (Lipinski definition) is 3. The van der Waals surface area contributed by atoms with Crippen LogP contribution < -0.4 is 22.1 Å². The molecule has 6 N–H and O–H groups in total. The first-order valence-electron chi connectivity index (χ1n) is 5.05. The Balaban J connectivity index is 3.15. The number of carbonyl (C=O) groups is 2. The molecule has 0 spiro atoms. The number of nitrogens with two attached hydrogens (primary N) is 3. The highest BCUT2D eigenvalue weighted by Crippen LogP contribution is 2.22. The maximum atomic E-state index is 11.0. The van der Waals surface area contributed by atoms with Crippen molar-refractivity contribution >= 4 is 23.2 Å². The third-order valence-corrected chi connectivity index (χ3v) is 2.18. The van der Waals surface area contributed by atoms with E-state index in [1.54, 1.807) is 12.1 Å². The lowest BCUT2D eigenvalue weighted by Crippen LogP contribution is -2.40. The minimum absolute atomic E-state index is 0.207. The summed E-state index contributed by atoms with van der Waals surface area (Å²) in [6.45, 7) is -0.414. The van der Waals surface area contributed by atoms with Crippen LogP contribution >= 0.6 is 0 Å². The molecular weight excluding hydrogens is 234 g/mol. The standard InChI is InChI=1S/C11H13N5O2/c12-4-7-3-8(13)1-2-9(7)16(5-10(14)17)6-11(15)18/h1-3H,5-6,13H2,(H2,14,17)(H2,15,18). The molecule has 1 rings (SSSR count). The molecule has 0 aliphatic rings. The van der Waals surface area contributed by atoms with Crippen molar-refractivity contribution < 1.29 is 9.59 Å². The van der Waals surface area contributed by atoms with Crippen LogP contribution in [0, 0.1) is 11.3 Å². The van der Waals surface area contributed by atoms with Crippen molar-refractivity contribution in [2.24, 2.45) is 11.5 Å². The van der Waals surface area contributed by atoms with Crippen molar-refractivity contribution in [1.82, 2.24) is 0 Å². The summed E-state index contributed by atoms with van der Waals surface area (Å²) in [5.41, 5.74) is 16.8. The molecule has 0 fully saturated rings. The number of rotatable bonds is 5. The normalized spacial score (nSPS) is 9.50. The van der Waals surface area contributed by atoms with E-state index in [-0.39, 0.29) is 18.7 Å². The van der Waals surface area contributed by atoms with Crippen molar-refractivity contribution in [3.8, 4) is 6.07 Å². The average Bonchev–Trinajstić information content (AvgIpc) is 2.26. The molecule has 0 atom stereocenters. The van der Waals surface area contributed by atoms with Crippen LogP contribution in [0.5, 0.6) is 0 Å². The van der Waals surface area contributed by atoms with Crippen molar-refractivity contribution in [2.75, 3.05) is 23.7 Å². The Bertz CT molecular complexity index is 505. The first-order chi connectivity index (χ1) is 8.43. The second kappa shape index (κ2) is 5.54.